The minimum Gasteiger partial charge on any atom is -0.326 e. The highest BCUT2D eigenvalue weighted by Gasteiger charge is 2.29. The van der Waals surface area contributed by atoms with Crippen LogP contribution in [-0.2, 0) is 4.79 Å². The van der Waals surface area contributed by atoms with Crippen molar-refractivity contribution in [1.29, 1.82) is 0 Å². The van der Waals surface area contributed by atoms with E-state index < -0.39 is 0 Å². The topological polar surface area (TPSA) is 84.4 Å². The molecule has 5 nitrogen and oxygen atoms in total. The van der Waals surface area contributed by atoms with E-state index in [0.717, 1.165) is 19.5 Å². The summed E-state index contributed by atoms with van der Waals surface area (Å²) in [6, 6.07) is 0.456. The molecule has 0 spiro atoms. The average Bonchev–Trinajstić information content (AvgIpc) is 2.61. The highest BCUT2D eigenvalue weighted by atomic mass is 16.2. The first-order valence-electron chi connectivity index (χ1n) is 5.06. The van der Waals surface area contributed by atoms with Crippen LogP contribution < -0.4 is 17.0 Å². The Bertz CT molecular complexity index is 209. The zero-order valence-electron chi connectivity index (χ0n) is 8.86. The van der Waals surface area contributed by atoms with Crippen LogP contribution in [-0.4, -0.2) is 36.0 Å². The van der Waals surface area contributed by atoms with Gasteiger partial charge in [0, 0.05) is 25.2 Å². The molecular formula is C9H20N4O. The lowest BCUT2D eigenvalue weighted by Crippen LogP contribution is -2.45. The van der Waals surface area contributed by atoms with E-state index >= 15 is 0 Å². The molecular weight excluding hydrogens is 180 g/mol. The number of rotatable bonds is 3. The van der Waals surface area contributed by atoms with Crippen LogP contribution in [0.1, 0.15) is 20.3 Å². The first kappa shape index (κ1) is 11.4. The van der Waals surface area contributed by atoms with E-state index in [9.17, 15) is 4.79 Å². The van der Waals surface area contributed by atoms with Crippen LogP contribution in [0.4, 0.5) is 0 Å². The molecule has 1 aliphatic rings. The van der Waals surface area contributed by atoms with Gasteiger partial charge >= 0.3 is 0 Å². The Balaban J connectivity index is 2.48. The number of hydrazine groups is 1. The van der Waals surface area contributed by atoms with E-state index in [0.29, 0.717) is 0 Å². The summed E-state index contributed by atoms with van der Waals surface area (Å²) in [7, 11) is 0. The maximum Gasteiger partial charge on any atom is 0.238 e. The fourth-order valence-electron chi connectivity index (χ4n) is 1.85. The molecule has 14 heavy (non-hydrogen) atoms. The molecule has 1 fully saturated rings. The van der Waals surface area contributed by atoms with Gasteiger partial charge in [-0.25, -0.2) is 5.84 Å². The van der Waals surface area contributed by atoms with Crippen LogP contribution in [0.3, 0.4) is 0 Å². The van der Waals surface area contributed by atoms with Crippen molar-refractivity contribution in [3.05, 3.63) is 0 Å². The number of amides is 1. The third kappa shape index (κ3) is 2.43. The first-order chi connectivity index (χ1) is 6.56. The molecule has 82 valence electrons. The summed E-state index contributed by atoms with van der Waals surface area (Å²) < 4.78 is 0. The van der Waals surface area contributed by atoms with E-state index in [1.54, 1.807) is 0 Å². The van der Waals surface area contributed by atoms with Crippen LogP contribution in [0.5, 0.6) is 0 Å². The van der Waals surface area contributed by atoms with Crippen molar-refractivity contribution in [2.24, 2.45) is 17.5 Å². The lowest BCUT2D eigenvalue weighted by atomic mass is 10.0. The Morgan fingerprint density at radius 3 is 2.64 bits per heavy atom. The van der Waals surface area contributed by atoms with E-state index in [4.69, 9.17) is 11.6 Å². The van der Waals surface area contributed by atoms with Crippen molar-refractivity contribution in [3.63, 3.8) is 0 Å². The summed E-state index contributed by atoms with van der Waals surface area (Å²) >= 11 is 0. The monoisotopic (exact) mass is 200 g/mol. The fourth-order valence-corrected chi connectivity index (χ4v) is 1.85. The summed E-state index contributed by atoms with van der Waals surface area (Å²) in [6.07, 6.45) is 1.02. The zero-order chi connectivity index (χ0) is 10.7. The minimum atomic E-state index is -0.113. The van der Waals surface area contributed by atoms with Gasteiger partial charge in [0.05, 0.1) is 5.92 Å². The molecule has 0 aromatic rings. The molecule has 0 aliphatic carbocycles. The predicted molar refractivity (Wildman–Crippen MR) is 55.1 cm³/mol. The number of carbonyl (C=O) groups is 1. The quantitative estimate of drug-likeness (QED) is 0.311. The summed E-state index contributed by atoms with van der Waals surface area (Å²) in [5.74, 6) is 4.89. The van der Waals surface area contributed by atoms with Crippen molar-refractivity contribution in [1.82, 2.24) is 10.3 Å². The number of hydrogen-bond acceptors (Lipinski definition) is 4. The highest BCUT2D eigenvalue weighted by molar-refractivity contribution is 5.78. The van der Waals surface area contributed by atoms with E-state index in [2.05, 4.69) is 10.3 Å². The summed E-state index contributed by atoms with van der Waals surface area (Å²) in [6.45, 7) is 5.78. The van der Waals surface area contributed by atoms with Crippen LogP contribution in [0.25, 0.3) is 0 Å². The SMILES string of the molecule is CC(C(=O)NN)C(C)N1CCC(N)C1. The maximum atomic E-state index is 11.3. The molecule has 0 aromatic carbocycles. The Morgan fingerprint density at radius 2 is 2.21 bits per heavy atom. The molecule has 5 N–H and O–H groups in total. The molecule has 0 bridgehead atoms. The van der Waals surface area contributed by atoms with Crippen LogP contribution in [0.15, 0.2) is 0 Å². The van der Waals surface area contributed by atoms with E-state index in [1.807, 2.05) is 13.8 Å². The van der Waals surface area contributed by atoms with Gasteiger partial charge in [0.25, 0.3) is 0 Å². The maximum absolute atomic E-state index is 11.3. The zero-order valence-corrected chi connectivity index (χ0v) is 8.86. The molecule has 3 atom stereocenters. The molecule has 0 aromatic heterocycles. The van der Waals surface area contributed by atoms with Gasteiger partial charge in [0.15, 0.2) is 0 Å². The van der Waals surface area contributed by atoms with Gasteiger partial charge in [-0.1, -0.05) is 6.92 Å². The minimum absolute atomic E-state index is 0.0923. The Hall–Kier alpha value is -0.650. The van der Waals surface area contributed by atoms with Crippen molar-refractivity contribution in [2.75, 3.05) is 13.1 Å². The van der Waals surface area contributed by atoms with Crippen LogP contribution in [0.2, 0.25) is 0 Å². The lowest BCUT2D eigenvalue weighted by molar-refractivity contribution is -0.126. The number of hydrogen-bond donors (Lipinski definition) is 3. The average molecular weight is 200 g/mol. The predicted octanol–water partition coefficient (Wildman–Crippen LogP) is -0.966. The van der Waals surface area contributed by atoms with Crippen molar-refractivity contribution >= 4 is 5.91 Å². The Labute approximate surface area is 84.8 Å². The molecule has 0 radical (unpaired) electrons. The summed E-state index contributed by atoms with van der Waals surface area (Å²) in [5.41, 5.74) is 7.99. The molecule has 1 heterocycles. The largest absolute Gasteiger partial charge is 0.326 e. The molecule has 5 heteroatoms. The van der Waals surface area contributed by atoms with Crippen molar-refractivity contribution in [2.45, 2.75) is 32.4 Å². The second-order valence-electron chi connectivity index (χ2n) is 4.08. The molecule has 3 unspecified atom stereocenters. The Kier molecular flexibility index (Phi) is 3.86. The number of nitrogens with one attached hydrogen (secondary N) is 1. The summed E-state index contributed by atoms with van der Waals surface area (Å²) in [5, 5.41) is 0. The number of likely N-dealkylation sites (tertiary alicyclic amines) is 1. The lowest BCUT2D eigenvalue weighted by Gasteiger charge is -2.28. The highest BCUT2D eigenvalue weighted by Crippen LogP contribution is 2.16. The molecule has 1 aliphatic heterocycles. The standard InChI is InChI=1S/C9H20N4O/c1-6(9(14)12-11)7(2)13-4-3-8(10)5-13/h6-8H,3-5,10-11H2,1-2H3,(H,12,14). The van der Waals surface area contributed by atoms with Crippen LogP contribution >= 0.6 is 0 Å². The number of carbonyl (C=O) groups excluding carboxylic acids is 1. The van der Waals surface area contributed by atoms with E-state index in [-0.39, 0.29) is 23.9 Å². The smallest absolute Gasteiger partial charge is 0.238 e. The van der Waals surface area contributed by atoms with Crippen molar-refractivity contribution in [3.8, 4) is 0 Å². The second-order valence-corrected chi connectivity index (χ2v) is 4.08. The van der Waals surface area contributed by atoms with Gasteiger partial charge < -0.3 is 5.73 Å². The van der Waals surface area contributed by atoms with Crippen molar-refractivity contribution < 1.29 is 4.79 Å². The molecule has 1 saturated heterocycles. The fraction of sp³-hybridized carbons (Fsp3) is 0.889. The number of nitrogens with zero attached hydrogens (tertiary/aromatic N) is 1. The van der Waals surface area contributed by atoms with Crippen LogP contribution in [0, 0.1) is 5.92 Å². The van der Waals surface area contributed by atoms with Gasteiger partial charge in [-0.3, -0.25) is 15.1 Å². The van der Waals surface area contributed by atoms with Gasteiger partial charge in [-0.2, -0.15) is 0 Å². The third-order valence-electron chi connectivity index (χ3n) is 3.11. The summed E-state index contributed by atoms with van der Waals surface area (Å²) in [4.78, 5) is 13.5. The third-order valence-corrected chi connectivity index (χ3v) is 3.11. The van der Waals surface area contributed by atoms with Gasteiger partial charge in [0.1, 0.15) is 0 Å². The molecule has 0 saturated carbocycles. The number of nitrogens with two attached hydrogens (primary N) is 2. The van der Waals surface area contributed by atoms with E-state index in [1.165, 1.54) is 0 Å². The first-order valence-corrected chi connectivity index (χ1v) is 5.06. The molecule has 1 rings (SSSR count). The van der Waals surface area contributed by atoms with Gasteiger partial charge in [0.2, 0.25) is 5.91 Å². The molecule has 1 amide bonds. The van der Waals surface area contributed by atoms with Gasteiger partial charge in [-0.05, 0) is 13.3 Å². The Morgan fingerprint density at radius 1 is 1.57 bits per heavy atom. The second kappa shape index (κ2) is 4.72. The normalized spacial score (nSPS) is 27.3. The van der Waals surface area contributed by atoms with Gasteiger partial charge in [-0.15, -0.1) is 0 Å².